The summed E-state index contributed by atoms with van der Waals surface area (Å²) in [6.45, 7) is 20.8. The first kappa shape index (κ1) is 90.0. The maximum Gasteiger partial charge on any atom is 2.00 e. The molecule has 0 atom stereocenters. The fourth-order valence-electron chi connectivity index (χ4n) is 13.1. The normalized spacial score (nSPS) is 11.3. The second kappa shape index (κ2) is 68.1. The van der Waals surface area contributed by atoms with Crippen LogP contribution in [0.5, 0.6) is 0 Å². The van der Waals surface area contributed by atoms with Gasteiger partial charge in [-0.05, 0) is 173 Å². The Morgan fingerprint density at radius 1 is 0.292 bits per heavy atom. The van der Waals surface area contributed by atoms with Gasteiger partial charge in [-0.25, -0.2) is 4.99 Å². The van der Waals surface area contributed by atoms with E-state index in [-0.39, 0.29) is 20.4 Å². The summed E-state index contributed by atoms with van der Waals surface area (Å²) in [5.41, 5.74) is 14.7. The Bertz CT molecular complexity index is 2540. The smallest absolute Gasteiger partial charge is 0.251 e. The van der Waals surface area contributed by atoms with Gasteiger partial charge in [0.05, 0.1) is 22.8 Å². The molecule has 0 aliphatic rings. The molecule has 0 bridgehead atoms. The van der Waals surface area contributed by atoms with Gasteiger partial charge in [-0.15, -0.1) is 59.2 Å². The van der Waals surface area contributed by atoms with E-state index in [0.29, 0.717) is 0 Å². The van der Waals surface area contributed by atoms with Gasteiger partial charge in [0.2, 0.25) is 0 Å². The van der Waals surface area contributed by atoms with Crippen molar-refractivity contribution < 1.29 is 20.4 Å². The summed E-state index contributed by atoms with van der Waals surface area (Å²) in [5, 5.41) is 0. The molecule has 0 heterocycles. The van der Waals surface area contributed by atoms with Crippen LogP contribution in [0.4, 0.5) is 11.4 Å². The molecule has 0 radical (unpaired) electrons. The molecule has 0 unspecified atom stereocenters. The fraction of sp³-hybridized carbons (Fsp3) is 0.720. The summed E-state index contributed by atoms with van der Waals surface area (Å²) in [7, 11) is 0. The van der Waals surface area contributed by atoms with Crippen molar-refractivity contribution in [2.45, 2.75) is 435 Å². The largest absolute Gasteiger partial charge is 2.00 e. The Balaban J connectivity index is 0.0000461. The molecule has 0 aliphatic heterocycles. The van der Waals surface area contributed by atoms with Crippen molar-refractivity contribution in [3.63, 3.8) is 0 Å². The molecule has 2 rings (SSSR count). The second-order valence-electron chi connectivity index (χ2n) is 27.8. The quantitative estimate of drug-likeness (QED) is 0.0273. The van der Waals surface area contributed by atoms with Crippen LogP contribution in [0, 0.1) is 59.2 Å². The Morgan fingerprint density at radius 2 is 0.594 bits per heavy atom. The van der Waals surface area contributed by atoms with Crippen molar-refractivity contribution in [3.05, 3.63) is 69.3 Å². The summed E-state index contributed by atoms with van der Waals surface area (Å²) in [6, 6.07) is 7.25. The van der Waals surface area contributed by atoms with Crippen LogP contribution < -0.4 is 0 Å². The van der Waals surface area contributed by atoms with E-state index in [9.17, 15) is 0 Å². The van der Waals surface area contributed by atoms with Crippen LogP contribution >= 0.6 is 0 Å². The molecular weight excluding hydrogens is 1250 g/mol. The molecule has 0 aromatic heterocycles. The van der Waals surface area contributed by atoms with Crippen LogP contribution in [0.25, 0.3) is 0 Å². The minimum absolute atomic E-state index is 0. The van der Waals surface area contributed by atoms with Crippen molar-refractivity contribution in [2.75, 3.05) is 0 Å². The molecule has 0 spiro atoms. The van der Waals surface area contributed by atoms with Gasteiger partial charge in [0.25, 0.3) is 0 Å². The number of hydrogen-bond donors (Lipinski definition) is 0. The average molecular weight is 1400 g/mol. The summed E-state index contributed by atoms with van der Waals surface area (Å²) >= 11 is 0. The molecule has 0 N–H and O–H groups in total. The fourth-order valence-corrected chi connectivity index (χ4v) is 13.1. The zero-order valence-electron chi connectivity index (χ0n) is 64.6. The summed E-state index contributed by atoms with van der Waals surface area (Å²) < 4.78 is 0. The molecule has 0 aliphatic carbocycles. The molecule has 0 saturated carbocycles. The predicted octanol–water partition coefficient (Wildman–Crippen LogP) is 29.0. The number of unbranched alkanes of at least 4 members (excludes halogenated alkanes) is 36. The number of benzene rings is 2. The van der Waals surface area contributed by atoms with E-state index in [4.69, 9.17) is 9.98 Å². The molecule has 0 saturated heterocycles. The van der Waals surface area contributed by atoms with E-state index in [1.807, 2.05) is 0 Å². The molecule has 0 amide bonds. The second-order valence-corrected chi connectivity index (χ2v) is 27.8. The van der Waals surface area contributed by atoms with Gasteiger partial charge in [0.1, 0.15) is 0 Å². The van der Waals surface area contributed by atoms with Gasteiger partial charge in [-0.3, -0.25) is 4.99 Å². The first-order valence-corrected chi connectivity index (χ1v) is 41.4. The molecule has 3 heteroatoms. The molecule has 0 fully saturated rings. The van der Waals surface area contributed by atoms with Gasteiger partial charge in [0, 0.05) is 64.2 Å². The zero-order chi connectivity index (χ0) is 68.4. The van der Waals surface area contributed by atoms with Gasteiger partial charge >= 0.3 is 20.4 Å². The van der Waals surface area contributed by atoms with Crippen molar-refractivity contribution in [1.82, 2.24) is 0 Å². The van der Waals surface area contributed by atoms with Crippen LogP contribution in [0.1, 0.15) is 429 Å². The molecule has 2 aromatic rings. The number of hydrogen-bond acceptors (Lipinski definition) is 2. The zero-order valence-corrected chi connectivity index (χ0v) is 66.2. The summed E-state index contributed by atoms with van der Waals surface area (Å²) in [4.78, 5) is 12.2. The Labute approximate surface area is 612 Å². The minimum Gasteiger partial charge on any atom is -0.251 e. The van der Waals surface area contributed by atoms with Crippen molar-refractivity contribution in [2.24, 2.45) is 9.98 Å². The van der Waals surface area contributed by atoms with Crippen LogP contribution in [0.15, 0.2) is 40.3 Å². The minimum atomic E-state index is 0. The Hall–Kier alpha value is -4.02. The standard InChI is InChI=1S/C93H148N2.Pd/c1-10-19-28-34-40-46-47-48-49-50-56-62-70-79-91(94-85-81-80-83(71-63-25-16-7)84(82-85)72-64-26-17-8)92(78-27-18-9)95-93-89(76-68-60-54-44-38-32-23-14-5)87(74-66-58-52-42-36-30-21-12-3)86(73-65-57-51-41-35-29-20-11-2)88(75-67-59-53-43-37-31-22-13-4)90(93)77-69-61-55-45-39-33-24-15-6;/h70,79-82H,10-50,56,62-69,71-78H2,1-9H3;/q;+2/b79-70+,94-91?,95-92?;. The summed E-state index contributed by atoms with van der Waals surface area (Å²) in [5.74, 6) is 37.2. The van der Waals surface area contributed by atoms with Crippen molar-refractivity contribution in [3.8, 4) is 59.2 Å². The van der Waals surface area contributed by atoms with Gasteiger partial charge in [-0.2, -0.15) is 0 Å². The Kier molecular flexibility index (Phi) is 63.9. The van der Waals surface area contributed by atoms with E-state index < -0.39 is 0 Å². The molecule has 2 nitrogen and oxygen atoms in total. The first-order valence-electron chi connectivity index (χ1n) is 41.4. The predicted molar refractivity (Wildman–Crippen MR) is 428 cm³/mol. The number of aryl methyl sites for hydroxylation is 2. The SMILES string of the molecule is CCCCCCC#CCCc1c(CCC#CCCCCCC)c(CCC#CCCCCCC)c(N=C(CCCC)C(/C=C/CCCCCCCCCCCCC)=Nc2ccc(CCCCC)c(CCCCC)c2)c(CCC#CCCCCCC)c1CCC#CCCCCCC.[Pd+2]. The van der Waals surface area contributed by atoms with Crippen molar-refractivity contribution >= 4 is 22.8 Å². The van der Waals surface area contributed by atoms with E-state index >= 15 is 0 Å². The van der Waals surface area contributed by atoms with Crippen LogP contribution in [0.3, 0.4) is 0 Å². The Morgan fingerprint density at radius 3 is 0.969 bits per heavy atom. The topological polar surface area (TPSA) is 24.7 Å². The van der Waals surface area contributed by atoms with Gasteiger partial charge in [-0.1, -0.05) is 267 Å². The van der Waals surface area contributed by atoms with E-state index in [2.05, 4.69) is 152 Å². The van der Waals surface area contributed by atoms with Crippen LogP contribution in [-0.4, -0.2) is 11.4 Å². The third-order valence-electron chi connectivity index (χ3n) is 19.0. The maximum atomic E-state index is 6.34. The van der Waals surface area contributed by atoms with Crippen molar-refractivity contribution in [1.29, 1.82) is 0 Å². The molecule has 2 aromatic carbocycles. The van der Waals surface area contributed by atoms with E-state index in [0.717, 1.165) is 152 Å². The van der Waals surface area contributed by atoms with Gasteiger partial charge in [0.15, 0.2) is 0 Å². The van der Waals surface area contributed by atoms with Crippen LogP contribution in [0.2, 0.25) is 0 Å². The average Bonchev–Trinajstić information content (AvgIpc) is 0.768. The summed E-state index contributed by atoms with van der Waals surface area (Å²) in [6.07, 6.45) is 72.1. The van der Waals surface area contributed by atoms with E-state index in [1.165, 1.54) is 282 Å². The number of nitrogens with zero attached hydrogens (tertiary/aromatic N) is 2. The third-order valence-corrected chi connectivity index (χ3v) is 19.0. The number of allylic oxidation sites excluding steroid dienone is 2. The van der Waals surface area contributed by atoms with E-state index in [1.54, 1.807) is 0 Å². The third kappa shape index (κ3) is 46.3. The first-order chi connectivity index (χ1) is 47.0. The molecular formula is C93H148N2Pd+2. The molecule has 538 valence electrons. The van der Waals surface area contributed by atoms with Gasteiger partial charge < -0.3 is 0 Å². The maximum absolute atomic E-state index is 6.34. The van der Waals surface area contributed by atoms with Crippen LogP contribution in [-0.2, 0) is 65.4 Å². The number of rotatable bonds is 57. The molecule has 96 heavy (non-hydrogen) atoms. The monoisotopic (exact) mass is 1400 g/mol. The number of aliphatic imine (C=N–C) groups is 2.